The van der Waals surface area contributed by atoms with Crippen molar-refractivity contribution in [2.45, 2.75) is 52.4 Å². The fourth-order valence-corrected chi connectivity index (χ4v) is 7.23. The molecule has 0 aliphatic carbocycles. The molecule has 2 heterocycles. The van der Waals surface area contributed by atoms with Crippen LogP contribution in [0.1, 0.15) is 94.1 Å². The summed E-state index contributed by atoms with van der Waals surface area (Å²) in [5.41, 5.74) is 4.26. The van der Waals surface area contributed by atoms with Crippen molar-refractivity contribution in [2.75, 3.05) is 11.9 Å². The maximum atomic E-state index is 14.4. The Hall–Kier alpha value is -5.10. The third kappa shape index (κ3) is 3.51. The molecule has 6 aromatic rings. The Morgan fingerprint density at radius 1 is 0.444 bits per heavy atom. The summed E-state index contributed by atoms with van der Waals surface area (Å²) < 4.78 is 0. The van der Waals surface area contributed by atoms with Crippen LogP contribution >= 0.6 is 0 Å². The van der Waals surface area contributed by atoms with Crippen molar-refractivity contribution < 1.29 is 19.2 Å². The van der Waals surface area contributed by atoms with Crippen molar-refractivity contribution in [3.63, 3.8) is 0 Å². The molecule has 0 saturated heterocycles. The molecule has 6 nitrogen and oxygen atoms in total. The molecule has 2 aliphatic heterocycles. The number of rotatable bonds is 1. The van der Waals surface area contributed by atoms with Gasteiger partial charge in [0.05, 0.1) is 5.69 Å². The van der Waals surface area contributed by atoms with E-state index < -0.39 is 0 Å². The van der Waals surface area contributed by atoms with Crippen LogP contribution in [0, 0.1) is 0 Å². The van der Waals surface area contributed by atoms with Gasteiger partial charge in [-0.05, 0) is 90.7 Å². The zero-order chi connectivity index (χ0) is 31.9. The quantitative estimate of drug-likeness (QED) is 0.109. The molecule has 6 heteroatoms. The number of carbonyl (C=O) groups is 4. The molecule has 2 aliphatic rings. The summed E-state index contributed by atoms with van der Waals surface area (Å²) in [7, 11) is 1.51. The van der Waals surface area contributed by atoms with Crippen LogP contribution in [0.4, 0.5) is 5.69 Å². The molecular weight excluding hydrogens is 560 g/mol. The van der Waals surface area contributed by atoms with Crippen LogP contribution in [-0.2, 0) is 10.8 Å². The molecule has 6 aromatic carbocycles. The summed E-state index contributed by atoms with van der Waals surface area (Å²) in [4.78, 5) is 57.4. The van der Waals surface area contributed by atoms with Crippen LogP contribution in [-0.4, -0.2) is 35.6 Å². The van der Waals surface area contributed by atoms with E-state index in [1.165, 1.54) is 11.9 Å². The van der Waals surface area contributed by atoms with E-state index in [1.807, 2.05) is 48.5 Å². The van der Waals surface area contributed by atoms with Gasteiger partial charge in [0.1, 0.15) is 0 Å². The van der Waals surface area contributed by atoms with Gasteiger partial charge < -0.3 is 0 Å². The lowest BCUT2D eigenvalue weighted by Gasteiger charge is -2.32. The lowest BCUT2D eigenvalue weighted by Crippen LogP contribution is -2.40. The average Bonchev–Trinajstić information content (AvgIpc) is 2.99. The van der Waals surface area contributed by atoms with Crippen LogP contribution in [0.3, 0.4) is 0 Å². The van der Waals surface area contributed by atoms with E-state index in [-0.39, 0.29) is 34.5 Å². The molecule has 0 aromatic heterocycles. The van der Waals surface area contributed by atoms with Crippen LogP contribution in [0.2, 0.25) is 0 Å². The monoisotopic (exact) mass is 592 g/mol. The first-order valence-electron chi connectivity index (χ1n) is 15.3. The van der Waals surface area contributed by atoms with Crippen molar-refractivity contribution in [3.8, 4) is 0 Å². The number of amides is 4. The first kappa shape index (κ1) is 27.4. The van der Waals surface area contributed by atoms with Gasteiger partial charge in [-0.15, -0.1) is 0 Å². The van der Waals surface area contributed by atoms with E-state index in [0.29, 0.717) is 38.7 Å². The molecule has 4 amide bonds. The minimum Gasteiger partial charge on any atom is -0.277 e. The molecule has 0 saturated carbocycles. The molecule has 45 heavy (non-hydrogen) atoms. The van der Waals surface area contributed by atoms with Crippen LogP contribution in [0.25, 0.3) is 43.1 Å². The molecule has 0 fully saturated rings. The number of nitrogens with zero attached hydrogens (tertiary/aromatic N) is 2. The molecular formula is C39H32N2O4. The Kier molecular flexibility index (Phi) is 5.21. The molecule has 0 bridgehead atoms. The molecule has 0 atom stereocenters. The highest BCUT2D eigenvalue weighted by atomic mass is 16.2. The van der Waals surface area contributed by atoms with Crippen molar-refractivity contribution >= 4 is 72.4 Å². The Labute approximate surface area is 260 Å². The predicted octanol–water partition coefficient (Wildman–Crippen LogP) is 8.36. The minimum atomic E-state index is -0.350. The third-order valence-electron chi connectivity index (χ3n) is 9.75. The van der Waals surface area contributed by atoms with Crippen molar-refractivity contribution in [1.29, 1.82) is 0 Å². The molecule has 222 valence electrons. The van der Waals surface area contributed by atoms with Crippen LogP contribution < -0.4 is 4.90 Å². The van der Waals surface area contributed by atoms with Crippen molar-refractivity contribution in [1.82, 2.24) is 4.90 Å². The zero-order valence-corrected chi connectivity index (χ0v) is 26.4. The van der Waals surface area contributed by atoms with Crippen molar-refractivity contribution in [3.05, 3.63) is 100 Å². The number of anilines is 1. The van der Waals surface area contributed by atoms with E-state index in [1.54, 1.807) is 12.1 Å². The first-order chi connectivity index (χ1) is 21.2. The number of imide groups is 2. The lowest BCUT2D eigenvalue weighted by molar-refractivity contribution is 0.0650. The first-order valence-corrected chi connectivity index (χ1v) is 15.3. The zero-order valence-electron chi connectivity index (χ0n) is 26.4. The van der Waals surface area contributed by atoms with Gasteiger partial charge in [0, 0.05) is 40.1 Å². The number of carbonyl (C=O) groups excluding carboxylic acids is 4. The van der Waals surface area contributed by atoms with E-state index in [2.05, 4.69) is 47.6 Å². The second kappa shape index (κ2) is 8.54. The number of fused-ring (bicyclic) bond motifs is 2. The van der Waals surface area contributed by atoms with E-state index in [9.17, 15) is 19.2 Å². The Balaban J connectivity index is 1.41. The molecule has 8 rings (SSSR count). The average molecular weight is 593 g/mol. The largest absolute Gasteiger partial charge is 0.277 e. The second-order valence-electron chi connectivity index (χ2n) is 14.5. The van der Waals surface area contributed by atoms with Gasteiger partial charge in [-0.1, -0.05) is 71.9 Å². The maximum absolute atomic E-state index is 14.4. The fourth-order valence-electron chi connectivity index (χ4n) is 7.23. The van der Waals surface area contributed by atoms with E-state index in [0.717, 1.165) is 48.3 Å². The highest BCUT2D eigenvalue weighted by molar-refractivity contribution is 6.43. The number of hydrogen-bond donors (Lipinski definition) is 0. The van der Waals surface area contributed by atoms with Crippen LogP contribution in [0.5, 0.6) is 0 Å². The topological polar surface area (TPSA) is 74.8 Å². The number of benzene rings is 6. The molecule has 0 radical (unpaired) electrons. The van der Waals surface area contributed by atoms with Gasteiger partial charge >= 0.3 is 0 Å². The summed E-state index contributed by atoms with van der Waals surface area (Å²) in [5.74, 6) is -1.35. The summed E-state index contributed by atoms with van der Waals surface area (Å²) >= 11 is 0. The minimum absolute atomic E-state index is 0.185. The fraction of sp³-hybridized carbons (Fsp3) is 0.231. The third-order valence-corrected chi connectivity index (χ3v) is 9.75. The SMILES string of the molecule is CN1C(=O)c2ccc3c4ccc5c6c(ccc(c7ccc(c2c37)C1=O)c64)C(=O)N(c1cc(C(C)(C)C)cc(C(C)(C)C)c1)C5=O. The van der Waals surface area contributed by atoms with Gasteiger partial charge in [0.25, 0.3) is 23.6 Å². The molecule has 0 unspecified atom stereocenters. The Morgan fingerprint density at radius 2 is 0.778 bits per heavy atom. The van der Waals surface area contributed by atoms with Gasteiger partial charge in [0.15, 0.2) is 0 Å². The van der Waals surface area contributed by atoms with Gasteiger partial charge in [-0.2, -0.15) is 0 Å². The Bertz CT molecular complexity index is 2230. The normalized spacial score (nSPS) is 15.5. The molecule has 0 N–H and O–H groups in total. The highest BCUT2D eigenvalue weighted by Crippen LogP contribution is 2.47. The Morgan fingerprint density at radius 3 is 1.11 bits per heavy atom. The highest BCUT2D eigenvalue weighted by Gasteiger charge is 2.37. The van der Waals surface area contributed by atoms with Gasteiger partial charge in [-0.3, -0.25) is 24.1 Å². The smallest absolute Gasteiger partial charge is 0.265 e. The predicted molar refractivity (Wildman–Crippen MR) is 179 cm³/mol. The summed E-state index contributed by atoms with van der Waals surface area (Å²) in [6, 6.07) is 21.0. The van der Waals surface area contributed by atoms with Crippen LogP contribution in [0.15, 0.2) is 66.7 Å². The maximum Gasteiger partial charge on any atom is 0.265 e. The summed E-state index contributed by atoms with van der Waals surface area (Å²) in [6.45, 7) is 12.8. The number of hydrogen-bond acceptors (Lipinski definition) is 4. The standard InChI is InChI=1S/C39H32N2O4/c1-38(2,3)19-16-20(39(4,5)6)18-21(17-19)41-36(44)28-14-10-24-22-8-12-26-32-27(35(43)40(7)34(26)42)13-9-23(30(22)32)25-11-15-29(37(41)45)33(28)31(24)25/h8-18H,1-7H3. The van der Waals surface area contributed by atoms with E-state index >= 15 is 0 Å². The molecule has 0 spiro atoms. The summed E-state index contributed by atoms with van der Waals surface area (Å²) in [5, 5.41) is 6.49. The lowest BCUT2D eigenvalue weighted by atomic mass is 9.80. The van der Waals surface area contributed by atoms with Gasteiger partial charge in [-0.25, -0.2) is 4.90 Å². The summed E-state index contributed by atoms with van der Waals surface area (Å²) in [6.07, 6.45) is 0. The van der Waals surface area contributed by atoms with E-state index in [4.69, 9.17) is 0 Å². The van der Waals surface area contributed by atoms with Crippen molar-refractivity contribution in [2.24, 2.45) is 0 Å². The second-order valence-corrected chi connectivity index (χ2v) is 14.5. The van der Waals surface area contributed by atoms with Gasteiger partial charge in [0.2, 0.25) is 0 Å².